The molecule has 0 aromatic heterocycles. The maximum Gasteiger partial charge on any atom is 0.514 e. The van der Waals surface area contributed by atoms with Gasteiger partial charge >= 0.3 is 6.16 Å². The topological polar surface area (TPSA) is 52.6 Å². The minimum absolute atomic E-state index is 0.0397. The van der Waals surface area contributed by atoms with Crippen LogP contribution >= 0.6 is 22.6 Å². The Bertz CT molecular complexity index is 477. The Morgan fingerprint density at radius 2 is 1.76 bits per heavy atom. The van der Waals surface area contributed by atoms with Crippen LogP contribution in [0, 0.1) is 3.57 Å². The second-order valence-corrected chi connectivity index (χ2v) is 5.59. The van der Waals surface area contributed by atoms with Gasteiger partial charge in [-0.1, -0.05) is 0 Å². The molecule has 0 heterocycles. The molecular weight excluding hydrogens is 335 g/mol. The molecule has 0 spiro atoms. The highest BCUT2D eigenvalue weighted by molar-refractivity contribution is 14.1. The second-order valence-electron chi connectivity index (χ2n) is 4.35. The fourth-order valence-corrected chi connectivity index (χ4v) is 1.33. The highest BCUT2D eigenvalue weighted by Crippen LogP contribution is 2.11. The number of hydrogen-bond acceptors (Lipinski definition) is 4. The van der Waals surface area contributed by atoms with Crippen molar-refractivity contribution in [1.29, 1.82) is 0 Å². The van der Waals surface area contributed by atoms with Crippen LogP contribution in [0.2, 0.25) is 0 Å². The van der Waals surface area contributed by atoms with Crippen LogP contribution in [0.4, 0.5) is 4.79 Å². The van der Waals surface area contributed by atoms with Gasteiger partial charge in [-0.15, -0.1) is 0 Å². The molecular formula is C12H13IO4. The van der Waals surface area contributed by atoms with Crippen molar-refractivity contribution in [2.24, 2.45) is 0 Å². The molecule has 0 fully saturated rings. The van der Waals surface area contributed by atoms with Crippen molar-refractivity contribution in [2.75, 3.05) is 0 Å². The Morgan fingerprint density at radius 3 is 2.35 bits per heavy atom. The van der Waals surface area contributed by atoms with E-state index in [4.69, 9.17) is 9.47 Å². The average Bonchev–Trinajstić information content (AvgIpc) is 2.30. The summed E-state index contributed by atoms with van der Waals surface area (Å²) >= 11 is 2.06. The number of ether oxygens (including phenoxy) is 2. The van der Waals surface area contributed by atoms with E-state index in [9.17, 15) is 9.59 Å². The van der Waals surface area contributed by atoms with E-state index in [0.717, 1.165) is 3.57 Å². The smallest absolute Gasteiger partial charge is 0.428 e. The molecule has 1 aromatic carbocycles. The molecule has 4 nitrogen and oxygen atoms in total. The van der Waals surface area contributed by atoms with Crippen molar-refractivity contribution in [3.8, 4) is 5.75 Å². The SMILES string of the molecule is CC(C)(C)OC(=O)Oc1ccc(I)ccc1=O. The van der Waals surface area contributed by atoms with E-state index in [1.807, 2.05) is 0 Å². The van der Waals surface area contributed by atoms with E-state index in [1.54, 1.807) is 32.9 Å². The molecule has 0 aliphatic heterocycles. The summed E-state index contributed by atoms with van der Waals surface area (Å²) in [4.78, 5) is 22.9. The van der Waals surface area contributed by atoms with Crippen LogP contribution in [-0.2, 0) is 4.74 Å². The van der Waals surface area contributed by atoms with Crippen molar-refractivity contribution in [2.45, 2.75) is 26.4 Å². The summed E-state index contributed by atoms with van der Waals surface area (Å²) in [6.45, 7) is 5.17. The van der Waals surface area contributed by atoms with E-state index >= 15 is 0 Å². The summed E-state index contributed by atoms with van der Waals surface area (Å²) in [5, 5.41) is 0. The van der Waals surface area contributed by atoms with Gasteiger partial charge in [0.25, 0.3) is 0 Å². The lowest BCUT2D eigenvalue weighted by Gasteiger charge is -2.18. The van der Waals surface area contributed by atoms with Crippen LogP contribution in [0.15, 0.2) is 29.1 Å². The van der Waals surface area contributed by atoms with Gasteiger partial charge < -0.3 is 9.47 Å². The predicted molar refractivity (Wildman–Crippen MR) is 72.3 cm³/mol. The minimum atomic E-state index is -0.879. The van der Waals surface area contributed by atoms with Crippen LogP contribution in [0.25, 0.3) is 0 Å². The van der Waals surface area contributed by atoms with Crippen LogP contribution in [0.5, 0.6) is 5.75 Å². The zero-order valence-corrected chi connectivity index (χ0v) is 12.0. The Balaban J connectivity index is 2.87. The summed E-state index contributed by atoms with van der Waals surface area (Å²) in [5.74, 6) is -0.0397. The van der Waals surface area contributed by atoms with Gasteiger partial charge in [-0.3, -0.25) is 4.79 Å². The van der Waals surface area contributed by atoms with E-state index in [1.165, 1.54) is 12.1 Å². The Hall–Kier alpha value is -1.11. The van der Waals surface area contributed by atoms with E-state index < -0.39 is 11.8 Å². The summed E-state index contributed by atoms with van der Waals surface area (Å²) < 4.78 is 10.7. The quantitative estimate of drug-likeness (QED) is 0.578. The molecule has 0 saturated carbocycles. The fraction of sp³-hybridized carbons (Fsp3) is 0.333. The lowest BCUT2D eigenvalue weighted by Crippen LogP contribution is -2.26. The van der Waals surface area contributed by atoms with Gasteiger partial charge in [0, 0.05) is 3.57 Å². The Kier molecular flexibility index (Phi) is 4.50. The molecule has 0 atom stereocenters. The molecule has 0 aliphatic rings. The normalized spacial score (nSPS) is 10.8. The minimum Gasteiger partial charge on any atom is -0.428 e. The second kappa shape index (κ2) is 5.48. The van der Waals surface area contributed by atoms with Crippen molar-refractivity contribution in [1.82, 2.24) is 0 Å². The molecule has 1 rings (SSSR count). The summed E-state index contributed by atoms with van der Waals surface area (Å²) in [7, 11) is 0. The average molecular weight is 348 g/mol. The van der Waals surface area contributed by atoms with Gasteiger partial charge in [0.05, 0.1) is 0 Å². The van der Waals surface area contributed by atoms with E-state index in [0.29, 0.717) is 0 Å². The van der Waals surface area contributed by atoms with Gasteiger partial charge in [0.2, 0.25) is 5.43 Å². The molecule has 5 heteroatoms. The third kappa shape index (κ3) is 5.16. The predicted octanol–water partition coefficient (Wildman–Crippen LogP) is 2.97. The monoisotopic (exact) mass is 348 g/mol. The van der Waals surface area contributed by atoms with Crippen molar-refractivity contribution in [3.63, 3.8) is 0 Å². The number of carbonyl (C=O) groups excluding carboxylic acids is 1. The van der Waals surface area contributed by atoms with E-state index in [2.05, 4.69) is 22.6 Å². The number of rotatable bonds is 1. The van der Waals surface area contributed by atoms with Gasteiger partial charge in [0.1, 0.15) is 5.60 Å². The molecule has 1 aromatic rings. The third-order valence-electron chi connectivity index (χ3n) is 1.61. The van der Waals surface area contributed by atoms with Crippen LogP contribution in [0.3, 0.4) is 0 Å². The molecule has 0 aliphatic carbocycles. The maximum absolute atomic E-state index is 11.5. The highest BCUT2D eigenvalue weighted by atomic mass is 127. The van der Waals surface area contributed by atoms with Crippen LogP contribution in [0.1, 0.15) is 20.8 Å². The number of carbonyl (C=O) groups is 1. The molecule has 0 bridgehead atoms. The lowest BCUT2D eigenvalue weighted by atomic mass is 10.2. The van der Waals surface area contributed by atoms with E-state index in [-0.39, 0.29) is 11.2 Å². The highest BCUT2D eigenvalue weighted by Gasteiger charge is 2.18. The molecule has 92 valence electrons. The molecule has 0 amide bonds. The zero-order chi connectivity index (χ0) is 13.1. The van der Waals surface area contributed by atoms with Gasteiger partial charge in [0.15, 0.2) is 5.75 Å². The van der Waals surface area contributed by atoms with Crippen LogP contribution in [-0.4, -0.2) is 11.8 Å². The fourth-order valence-electron chi connectivity index (χ4n) is 0.975. The lowest BCUT2D eigenvalue weighted by molar-refractivity contribution is 0.0204. The van der Waals surface area contributed by atoms with Crippen molar-refractivity contribution >= 4 is 28.7 Å². The van der Waals surface area contributed by atoms with Gasteiger partial charge in [-0.2, -0.15) is 0 Å². The summed E-state index contributed by atoms with van der Waals surface area (Å²) in [6.07, 6.45) is -0.879. The summed E-state index contributed by atoms with van der Waals surface area (Å²) in [5.41, 5.74) is -1.01. The summed E-state index contributed by atoms with van der Waals surface area (Å²) in [6, 6.07) is 6.13. The molecule has 0 saturated heterocycles. The molecule has 0 N–H and O–H groups in total. The molecule has 0 radical (unpaired) electrons. The van der Waals surface area contributed by atoms with Gasteiger partial charge in [-0.25, -0.2) is 4.79 Å². The molecule has 17 heavy (non-hydrogen) atoms. The first kappa shape index (κ1) is 14.0. The standard InChI is InChI=1S/C12H13IO4/c1-12(2,3)17-11(15)16-10-7-5-8(13)4-6-9(10)14/h4-7H,1-3H3. The number of hydrogen-bond donors (Lipinski definition) is 0. The Morgan fingerprint density at radius 1 is 1.18 bits per heavy atom. The van der Waals surface area contributed by atoms with Gasteiger partial charge in [-0.05, 0) is 67.6 Å². The third-order valence-corrected chi connectivity index (χ3v) is 2.33. The zero-order valence-electron chi connectivity index (χ0n) is 9.82. The first-order valence-electron chi connectivity index (χ1n) is 4.99. The largest absolute Gasteiger partial charge is 0.514 e. The van der Waals surface area contributed by atoms with Crippen molar-refractivity contribution < 1.29 is 14.3 Å². The Labute approximate surface area is 113 Å². The van der Waals surface area contributed by atoms with Crippen molar-refractivity contribution in [3.05, 3.63) is 38.1 Å². The van der Waals surface area contributed by atoms with Crippen LogP contribution < -0.4 is 10.2 Å². The maximum atomic E-state index is 11.5. The molecule has 0 unspecified atom stereocenters. The number of halogens is 1. The first-order chi connectivity index (χ1) is 7.78. The first-order valence-corrected chi connectivity index (χ1v) is 6.06.